The molecule has 3 aromatic carbocycles. The van der Waals surface area contributed by atoms with Crippen LogP contribution < -0.4 is 10.2 Å². The van der Waals surface area contributed by atoms with E-state index >= 15 is 0 Å². The van der Waals surface area contributed by atoms with Gasteiger partial charge in [0.1, 0.15) is 0 Å². The second-order valence-electron chi connectivity index (χ2n) is 7.34. The van der Waals surface area contributed by atoms with Gasteiger partial charge in [0.25, 0.3) is 0 Å². The van der Waals surface area contributed by atoms with Crippen molar-refractivity contribution in [2.75, 3.05) is 42.9 Å². The third-order valence-electron chi connectivity index (χ3n) is 5.52. The van der Waals surface area contributed by atoms with Crippen LogP contribution in [0.25, 0.3) is 10.8 Å². The fraction of sp³-hybridized carbons (Fsp3) is 0.292. The van der Waals surface area contributed by atoms with Crippen LogP contribution in [-0.2, 0) is 11.2 Å². The number of hydrogen-bond donors (Lipinski definition) is 1. The standard InChI is InChI=1S/C24H27N3O/c1-2-26-13-15-27(16-14-26)23-10-6-5-9-22(23)25-24(28)18-19-11-12-20-7-3-4-8-21(20)17-19/h3-12,17H,2,13-16,18H2,1H3,(H,25,28). The Bertz CT molecular complexity index is 961. The summed E-state index contributed by atoms with van der Waals surface area (Å²) < 4.78 is 0. The highest BCUT2D eigenvalue weighted by Gasteiger charge is 2.18. The molecule has 1 amide bonds. The van der Waals surface area contributed by atoms with E-state index in [4.69, 9.17) is 0 Å². The maximum atomic E-state index is 12.7. The number of nitrogens with one attached hydrogen (secondary N) is 1. The summed E-state index contributed by atoms with van der Waals surface area (Å²) in [6.07, 6.45) is 0.378. The van der Waals surface area contributed by atoms with E-state index in [-0.39, 0.29) is 5.91 Å². The number of anilines is 2. The van der Waals surface area contributed by atoms with Crippen LogP contribution in [-0.4, -0.2) is 43.5 Å². The maximum Gasteiger partial charge on any atom is 0.228 e. The fourth-order valence-corrected chi connectivity index (χ4v) is 3.89. The van der Waals surface area contributed by atoms with Gasteiger partial charge in [0.2, 0.25) is 5.91 Å². The normalized spacial score (nSPS) is 15.0. The first kappa shape index (κ1) is 18.5. The number of carbonyl (C=O) groups is 1. The van der Waals surface area contributed by atoms with E-state index in [0.29, 0.717) is 6.42 Å². The second-order valence-corrected chi connectivity index (χ2v) is 7.34. The number of likely N-dealkylation sites (N-methyl/N-ethyl adjacent to an activating group) is 1. The molecule has 1 fully saturated rings. The van der Waals surface area contributed by atoms with Crippen LogP contribution >= 0.6 is 0 Å². The summed E-state index contributed by atoms with van der Waals surface area (Å²) in [5.74, 6) is 0.0231. The molecule has 0 atom stereocenters. The SMILES string of the molecule is CCN1CCN(c2ccccc2NC(=O)Cc2ccc3ccccc3c2)CC1. The summed E-state index contributed by atoms with van der Waals surface area (Å²) in [5, 5.41) is 5.50. The molecule has 1 saturated heterocycles. The van der Waals surface area contributed by atoms with Gasteiger partial charge in [-0.05, 0) is 35.0 Å². The predicted molar refractivity (Wildman–Crippen MR) is 117 cm³/mol. The molecule has 0 radical (unpaired) electrons. The molecule has 4 nitrogen and oxygen atoms in total. The van der Waals surface area contributed by atoms with Crippen LogP contribution in [0.4, 0.5) is 11.4 Å². The molecule has 3 aromatic rings. The zero-order valence-corrected chi connectivity index (χ0v) is 16.4. The number of para-hydroxylation sites is 2. The zero-order chi connectivity index (χ0) is 19.3. The molecule has 0 saturated carbocycles. The lowest BCUT2D eigenvalue weighted by Crippen LogP contribution is -2.46. The maximum absolute atomic E-state index is 12.7. The van der Waals surface area contributed by atoms with Crippen molar-refractivity contribution in [1.29, 1.82) is 0 Å². The molecule has 1 heterocycles. The van der Waals surface area contributed by atoms with Gasteiger partial charge in [-0.2, -0.15) is 0 Å². The Morgan fingerprint density at radius 3 is 2.39 bits per heavy atom. The minimum absolute atomic E-state index is 0.0231. The van der Waals surface area contributed by atoms with Gasteiger partial charge < -0.3 is 15.1 Å². The summed E-state index contributed by atoms with van der Waals surface area (Å²) in [5.41, 5.74) is 3.05. The first-order valence-corrected chi connectivity index (χ1v) is 10.1. The van der Waals surface area contributed by atoms with E-state index in [9.17, 15) is 4.79 Å². The topological polar surface area (TPSA) is 35.6 Å². The second kappa shape index (κ2) is 8.44. The summed E-state index contributed by atoms with van der Waals surface area (Å²) in [6.45, 7) is 7.41. The number of rotatable bonds is 5. The Morgan fingerprint density at radius 1 is 0.893 bits per heavy atom. The van der Waals surface area contributed by atoms with Gasteiger partial charge in [0, 0.05) is 26.2 Å². The number of carbonyl (C=O) groups excluding carboxylic acids is 1. The monoisotopic (exact) mass is 373 g/mol. The van der Waals surface area contributed by atoms with Gasteiger partial charge in [0.15, 0.2) is 0 Å². The van der Waals surface area contributed by atoms with Crippen LogP contribution in [0.15, 0.2) is 66.7 Å². The van der Waals surface area contributed by atoms with E-state index in [2.05, 4.69) is 52.4 Å². The lowest BCUT2D eigenvalue weighted by atomic mass is 10.0. The minimum atomic E-state index is 0.0231. The van der Waals surface area contributed by atoms with E-state index in [1.165, 1.54) is 10.8 Å². The van der Waals surface area contributed by atoms with Crippen molar-refractivity contribution >= 4 is 28.1 Å². The summed E-state index contributed by atoms with van der Waals surface area (Å²) in [6, 6.07) is 22.6. The number of piperazine rings is 1. The van der Waals surface area contributed by atoms with Crippen molar-refractivity contribution in [3.05, 3.63) is 72.3 Å². The highest BCUT2D eigenvalue weighted by molar-refractivity contribution is 5.96. The van der Waals surface area contributed by atoms with E-state index < -0.39 is 0 Å². The van der Waals surface area contributed by atoms with Crippen LogP contribution in [0.1, 0.15) is 12.5 Å². The largest absolute Gasteiger partial charge is 0.367 e. The highest BCUT2D eigenvalue weighted by atomic mass is 16.1. The van der Waals surface area contributed by atoms with Gasteiger partial charge in [-0.15, -0.1) is 0 Å². The van der Waals surface area contributed by atoms with Crippen molar-refractivity contribution < 1.29 is 4.79 Å². The van der Waals surface area contributed by atoms with Gasteiger partial charge in [-0.25, -0.2) is 0 Å². The number of amides is 1. The van der Waals surface area contributed by atoms with Gasteiger partial charge in [-0.1, -0.05) is 61.5 Å². The molecule has 0 spiro atoms. The lowest BCUT2D eigenvalue weighted by molar-refractivity contribution is -0.115. The summed E-state index contributed by atoms with van der Waals surface area (Å²) in [4.78, 5) is 17.5. The fourth-order valence-electron chi connectivity index (χ4n) is 3.89. The molecule has 4 heteroatoms. The number of benzene rings is 3. The molecule has 0 aromatic heterocycles. The number of hydrogen-bond acceptors (Lipinski definition) is 3. The molecular formula is C24H27N3O. The average Bonchev–Trinajstić information content (AvgIpc) is 2.74. The number of fused-ring (bicyclic) bond motifs is 1. The Hall–Kier alpha value is -2.85. The Morgan fingerprint density at radius 2 is 1.61 bits per heavy atom. The third kappa shape index (κ3) is 4.18. The van der Waals surface area contributed by atoms with Gasteiger partial charge in [-0.3, -0.25) is 4.79 Å². The van der Waals surface area contributed by atoms with E-state index in [1.807, 2.05) is 36.4 Å². The first-order chi connectivity index (χ1) is 13.7. The third-order valence-corrected chi connectivity index (χ3v) is 5.52. The van der Waals surface area contributed by atoms with Crippen molar-refractivity contribution in [3.8, 4) is 0 Å². The smallest absolute Gasteiger partial charge is 0.228 e. The van der Waals surface area contributed by atoms with Gasteiger partial charge >= 0.3 is 0 Å². The van der Waals surface area contributed by atoms with E-state index in [0.717, 1.165) is 49.7 Å². The summed E-state index contributed by atoms with van der Waals surface area (Å²) >= 11 is 0. The molecule has 1 aliphatic heterocycles. The summed E-state index contributed by atoms with van der Waals surface area (Å²) in [7, 11) is 0. The van der Waals surface area contributed by atoms with Crippen molar-refractivity contribution in [1.82, 2.24) is 4.90 Å². The molecular weight excluding hydrogens is 346 g/mol. The van der Waals surface area contributed by atoms with Crippen LogP contribution in [0.5, 0.6) is 0 Å². The van der Waals surface area contributed by atoms with Crippen LogP contribution in [0.3, 0.4) is 0 Å². The molecule has 1 N–H and O–H groups in total. The Labute approximate surface area is 166 Å². The molecule has 0 bridgehead atoms. The first-order valence-electron chi connectivity index (χ1n) is 10.1. The molecule has 144 valence electrons. The molecule has 0 unspecified atom stereocenters. The van der Waals surface area contributed by atoms with E-state index in [1.54, 1.807) is 0 Å². The predicted octanol–water partition coefficient (Wildman–Crippen LogP) is 4.16. The molecule has 4 rings (SSSR count). The Balaban J connectivity index is 1.45. The lowest BCUT2D eigenvalue weighted by Gasteiger charge is -2.36. The molecule has 1 aliphatic rings. The van der Waals surface area contributed by atoms with Crippen LogP contribution in [0, 0.1) is 0 Å². The molecule has 28 heavy (non-hydrogen) atoms. The van der Waals surface area contributed by atoms with Crippen LogP contribution in [0.2, 0.25) is 0 Å². The van der Waals surface area contributed by atoms with Crippen molar-refractivity contribution in [2.24, 2.45) is 0 Å². The van der Waals surface area contributed by atoms with Crippen molar-refractivity contribution in [2.45, 2.75) is 13.3 Å². The Kier molecular flexibility index (Phi) is 5.58. The van der Waals surface area contributed by atoms with Crippen molar-refractivity contribution in [3.63, 3.8) is 0 Å². The minimum Gasteiger partial charge on any atom is -0.367 e. The number of nitrogens with zero attached hydrogens (tertiary/aromatic N) is 2. The quantitative estimate of drug-likeness (QED) is 0.729. The highest BCUT2D eigenvalue weighted by Crippen LogP contribution is 2.27. The van der Waals surface area contributed by atoms with Gasteiger partial charge in [0.05, 0.1) is 17.8 Å². The zero-order valence-electron chi connectivity index (χ0n) is 16.4. The molecule has 0 aliphatic carbocycles. The average molecular weight is 374 g/mol.